The molecule has 0 amide bonds. The summed E-state index contributed by atoms with van der Waals surface area (Å²) in [5.74, 6) is -5.35. The Labute approximate surface area is 499 Å². The average molecular weight is 1300 g/mol. The fraction of sp³-hybridized carbons (Fsp3) is 0. The fourth-order valence-corrected chi connectivity index (χ4v) is 6.90. The van der Waals surface area contributed by atoms with Crippen LogP contribution in [0, 0.1) is 0 Å². The molecule has 85 heavy (non-hydrogen) atoms. The molecule has 12 rings (SSSR count). The van der Waals surface area contributed by atoms with Gasteiger partial charge in [-0.2, -0.15) is 0 Å². The number of rotatable bonds is 10. The maximum absolute atomic E-state index is 10.7. The second-order valence-electron chi connectivity index (χ2n) is 16.6. The van der Waals surface area contributed by atoms with Gasteiger partial charge in [0.05, 0.1) is 92.2 Å². The summed E-state index contributed by atoms with van der Waals surface area (Å²) in [6.07, 6.45) is 19.3. The largest absolute Gasteiger partial charge is 4.00 e. The monoisotopic (exact) mass is 1300 g/mol. The van der Waals surface area contributed by atoms with Crippen molar-refractivity contribution in [2.45, 2.75) is 0 Å². The van der Waals surface area contributed by atoms with Crippen molar-refractivity contribution < 1.29 is 59.4 Å². The van der Waals surface area contributed by atoms with Crippen LogP contribution >= 0.6 is 0 Å². The van der Waals surface area contributed by atoms with Gasteiger partial charge in [0.25, 0.3) is 0 Å². The quantitative estimate of drug-likeness (QED) is 0.145. The van der Waals surface area contributed by atoms with Crippen molar-refractivity contribution in [2.75, 3.05) is 0 Å². The summed E-state index contributed by atoms with van der Waals surface area (Å²) in [6.45, 7) is 0. The number of nitrogens with zero attached hydrogens (tertiary/aromatic N) is 12. The van der Waals surface area contributed by atoms with Crippen molar-refractivity contribution in [1.82, 2.24) is 59.8 Å². The summed E-state index contributed by atoms with van der Waals surface area (Å²) >= 11 is 0. The Hall–Kier alpha value is -11.7. The second kappa shape index (κ2) is 33.8. The Balaban J connectivity index is 0.000000165. The fourth-order valence-electron chi connectivity index (χ4n) is 6.90. The first kappa shape index (κ1) is 62.5. The van der Waals surface area contributed by atoms with Crippen LogP contribution in [0.15, 0.2) is 268 Å². The average Bonchev–Trinajstić information content (AvgIpc) is 3.74. The summed E-state index contributed by atoms with van der Waals surface area (Å²) in [5, 5.41) is 42.8. The van der Waals surface area contributed by atoms with E-state index in [9.17, 15) is 39.6 Å². The summed E-state index contributed by atoms with van der Waals surface area (Å²) in [4.78, 5) is 92.0. The van der Waals surface area contributed by atoms with E-state index in [2.05, 4.69) is 59.8 Å². The number of hydrogen-bond acceptors (Lipinski definition) is 20. The molecule has 0 aliphatic heterocycles. The van der Waals surface area contributed by atoms with Gasteiger partial charge in [-0.05, 0) is 146 Å². The standard InChI is InChI=1S/2C12H8N2O4.4C10H8N2.Os/c2*15-11(16)7-1-3-13-9(5-7)10-6-8(12(17)18)2-4-14-10;4*1-3-7-11-9(5-1)10-6-2-4-8-12-10;/h2*1-6H,(H,15,16)(H,17,18);4*1-8H;/q;;;;;;+4/p-4. The topological polar surface area (TPSA) is 315 Å². The third-order valence-corrected chi connectivity index (χ3v) is 10.9. The summed E-state index contributed by atoms with van der Waals surface area (Å²) < 4.78 is 0. The zero-order valence-electron chi connectivity index (χ0n) is 44.4. The van der Waals surface area contributed by atoms with E-state index in [1.807, 2.05) is 146 Å². The van der Waals surface area contributed by atoms with Crippen LogP contribution in [0.3, 0.4) is 0 Å². The van der Waals surface area contributed by atoms with E-state index in [1.54, 1.807) is 49.6 Å². The predicted octanol–water partition coefficient (Wildman–Crippen LogP) is 6.31. The van der Waals surface area contributed by atoms with Gasteiger partial charge in [-0.25, -0.2) is 0 Å². The van der Waals surface area contributed by atoms with E-state index in [1.165, 1.54) is 73.3 Å². The van der Waals surface area contributed by atoms with Gasteiger partial charge in [-0.1, -0.05) is 48.5 Å². The van der Waals surface area contributed by atoms with Crippen molar-refractivity contribution in [1.29, 1.82) is 0 Å². The summed E-state index contributed by atoms with van der Waals surface area (Å²) in [5.41, 5.74) is 8.10. The first-order valence-electron chi connectivity index (χ1n) is 25.0. The molecule has 0 saturated heterocycles. The molecular formula is C64H44N12O8Os. The van der Waals surface area contributed by atoms with Crippen LogP contribution in [0.25, 0.3) is 68.3 Å². The number of carbonyl (C=O) groups excluding carboxylic acids is 4. The molecule has 0 fully saturated rings. The van der Waals surface area contributed by atoms with Gasteiger partial charge in [0, 0.05) is 96.6 Å². The molecule has 416 valence electrons. The van der Waals surface area contributed by atoms with Crippen LogP contribution in [0.1, 0.15) is 41.4 Å². The van der Waals surface area contributed by atoms with Crippen molar-refractivity contribution in [3.63, 3.8) is 0 Å². The van der Waals surface area contributed by atoms with E-state index in [0.29, 0.717) is 0 Å². The van der Waals surface area contributed by atoms with Crippen molar-refractivity contribution in [3.05, 3.63) is 291 Å². The minimum atomic E-state index is -1.34. The molecule has 0 radical (unpaired) electrons. The number of carboxylic acid groups (broad SMARTS) is 4. The van der Waals surface area contributed by atoms with Crippen LogP contribution in [0.4, 0.5) is 0 Å². The predicted molar refractivity (Wildman–Crippen MR) is 302 cm³/mol. The van der Waals surface area contributed by atoms with Gasteiger partial charge < -0.3 is 39.6 Å². The van der Waals surface area contributed by atoms with E-state index in [4.69, 9.17) is 0 Å². The van der Waals surface area contributed by atoms with Gasteiger partial charge in [0.1, 0.15) is 0 Å². The molecule has 0 N–H and O–H groups in total. The van der Waals surface area contributed by atoms with Gasteiger partial charge in [-0.15, -0.1) is 0 Å². The third kappa shape index (κ3) is 20.4. The molecule has 0 bridgehead atoms. The van der Waals surface area contributed by atoms with Gasteiger partial charge >= 0.3 is 19.8 Å². The molecule has 12 heterocycles. The summed E-state index contributed by atoms with van der Waals surface area (Å²) in [6, 6.07) is 56.5. The van der Waals surface area contributed by atoms with Crippen LogP contribution < -0.4 is 20.4 Å². The Morgan fingerprint density at radius 2 is 0.341 bits per heavy atom. The Morgan fingerprint density at radius 3 is 0.459 bits per heavy atom. The number of carboxylic acids is 4. The number of aromatic nitrogens is 12. The van der Waals surface area contributed by atoms with Crippen molar-refractivity contribution in [2.24, 2.45) is 0 Å². The number of hydrogen-bond donors (Lipinski definition) is 0. The summed E-state index contributed by atoms with van der Waals surface area (Å²) in [7, 11) is 0. The smallest absolute Gasteiger partial charge is 0.545 e. The maximum Gasteiger partial charge on any atom is 4.00 e. The van der Waals surface area contributed by atoms with Gasteiger partial charge in [-0.3, -0.25) is 59.8 Å². The van der Waals surface area contributed by atoms with Gasteiger partial charge in [0.2, 0.25) is 0 Å². The van der Waals surface area contributed by atoms with Crippen molar-refractivity contribution >= 4 is 23.9 Å². The normalized spacial score (nSPS) is 9.69. The molecule has 12 aromatic heterocycles. The zero-order valence-corrected chi connectivity index (χ0v) is 46.9. The van der Waals surface area contributed by atoms with Crippen molar-refractivity contribution in [3.8, 4) is 68.3 Å². The Bertz CT molecular complexity index is 3300. The molecule has 0 atom stereocenters. The van der Waals surface area contributed by atoms with Crippen LogP contribution in [0.2, 0.25) is 0 Å². The molecule has 0 saturated carbocycles. The van der Waals surface area contributed by atoms with E-state index >= 15 is 0 Å². The molecule has 0 spiro atoms. The molecular weight excluding hydrogens is 1260 g/mol. The molecule has 21 heteroatoms. The number of aromatic carboxylic acids is 4. The zero-order chi connectivity index (χ0) is 59.1. The number of pyridine rings is 12. The Kier molecular flexibility index (Phi) is 24.9. The van der Waals surface area contributed by atoms with E-state index in [0.717, 1.165) is 45.6 Å². The molecule has 20 nitrogen and oxygen atoms in total. The molecule has 0 aliphatic rings. The molecule has 0 aliphatic carbocycles. The number of carbonyl (C=O) groups is 4. The first-order chi connectivity index (χ1) is 41.0. The minimum Gasteiger partial charge on any atom is -0.545 e. The minimum absolute atomic E-state index is 0. The first-order valence-corrected chi connectivity index (χ1v) is 25.0. The van der Waals surface area contributed by atoms with E-state index in [-0.39, 0.29) is 64.8 Å². The van der Waals surface area contributed by atoms with Crippen LogP contribution in [-0.2, 0) is 19.8 Å². The van der Waals surface area contributed by atoms with Crippen LogP contribution in [-0.4, -0.2) is 83.7 Å². The molecule has 0 unspecified atom stereocenters. The third-order valence-electron chi connectivity index (χ3n) is 10.9. The Morgan fingerprint density at radius 1 is 0.200 bits per heavy atom. The van der Waals surface area contributed by atoms with Crippen LogP contribution in [0.5, 0.6) is 0 Å². The van der Waals surface area contributed by atoms with E-state index < -0.39 is 23.9 Å². The molecule has 12 aromatic rings. The van der Waals surface area contributed by atoms with Gasteiger partial charge in [0.15, 0.2) is 0 Å². The second-order valence-corrected chi connectivity index (χ2v) is 16.6. The maximum atomic E-state index is 10.7. The SMILES string of the molecule is O=C([O-])c1ccnc(-c2cc(C(=O)[O-])ccn2)c1.O=C([O-])c1ccnc(-c2cc(C(=O)[O-])ccn2)c1.[Os+4].c1ccc(-c2ccccn2)nc1.c1ccc(-c2ccccn2)nc1.c1ccc(-c2ccccn2)nc1.c1ccc(-c2ccccn2)nc1. The molecule has 0 aromatic carbocycles.